The topological polar surface area (TPSA) is 69.7 Å². The maximum absolute atomic E-state index is 12.3. The van der Waals surface area contributed by atoms with Crippen LogP contribution < -0.4 is 0 Å². The normalized spacial score (nSPS) is 11.0. The van der Waals surface area contributed by atoms with Crippen LogP contribution in [0.2, 0.25) is 0 Å². The molecule has 0 atom stereocenters. The number of carbonyl (C=O) groups excluding carboxylic acids is 3. The van der Waals surface area contributed by atoms with Crippen LogP contribution in [0.3, 0.4) is 0 Å². The van der Waals surface area contributed by atoms with E-state index in [1.54, 1.807) is 6.08 Å². The predicted octanol–water partition coefficient (Wildman–Crippen LogP) is 3.96. The first-order valence-corrected chi connectivity index (χ1v) is 9.01. The Kier molecular flexibility index (Phi) is 10.2. The Balaban J connectivity index is 5.14. The fourth-order valence-electron chi connectivity index (χ4n) is 2.48. The molecule has 0 radical (unpaired) electrons. The summed E-state index contributed by atoms with van der Waals surface area (Å²) in [6.07, 6.45) is 3.25. The average Bonchev–Trinajstić information content (AvgIpc) is 2.58. The van der Waals surface area contributed by atoms with E-state index in [4.69, 9.17) is 9.47 Å². The standard InChI is InChI=1S/C20H27BrO5/c1-7-12-19(3,4)16(22)11-9-8-10-13-20(14-15(2)21,17(23)25-5)18(24)26-6/h7H,1-2,8,10,12-14H2,3-6H3. The lowest BCUT2D eigenvalue weighted by Crippen LogP contribution is -2.41. The molecule has 6 heteroatoms. The highest BCUT2D eigenvalue weighted by molar-refractivity contribution is 9.11. The third-order valence-electron chi connectivity index (χ3n) is 4.02. The number of esters is 2. The molecule has 0 amide bonds. The van der Waals surface area contributed by atoms with Gasteiger partial charge in [-0.25, -0.2) is 0 Å². The molecule has 0 N–H and O–H groups in total. The van der Waals surface area contributed by atoms with Crippen molar-refractivity contribution < 1.29 is 23.9 Å². The summed E-state index contributed by atoms with van der Waals surface area (Å²) >= 11 is 3.19. The van der Waals surface area contributed by atoms with Gasteiger partial charge in [-0.3, -0.25) is 14.4 Å². The number of ketones is 1. The molecule has 0 rings (SSSR count). The largest absolute Gasteiger partial charge is 0.468 e. The van der Waals surface area contributed by atoms with Crippen molar-refractivity contribution in [2.45, 2.75) is 46.0 Å². The molecule has 0 aromatic heterocycles. The van der Waals surface area contributed by atoms with Crippen LogP contribution in [0.1, 0.15) is 46.0 Å². The number of unbranched alkanes of at least 4 members (excludes halogenated alkanes) is 1. The highest BCUT2D eigenvalue weighted by atomic mass is 79.9. The highest BCUT2D eigenvalue weighted by Crippen LogP contribution is 2.36. The van der Waals surface area contributed by atoms with E-state index in [9.17, 15) is 14.4 Å². The van der Waals surface area contributed by atoms with Gasteiger partial charge in [0.25, 0.3) is 0 Å². The SMILES string of the molecule is C=CCC(C)(C)C(=O)C#CCCCC(CC(=C)Br)(C(=O)OC)C(=O)OC. The number of methoxy groups -OCH3 is 2. The number of ether oxygens (including phenoxy) is 2. The molecule has 0 heterocycles. The molecule has 0 aromatic rings. The molecule has 0 aliphatic carbocycles. The van der Waals surface area contributed by atoms with E-state index in [0.717, 1.165) is 0 Å². The number of hydrogen-bond donors (Lipinski definition) is 0. The first-order chi connectivity index (χ1) is 12.1. The van der Waals surface area contributed by atoms with E-state index in [1.165, 1.54) is 14.2 Å². The van der Waals surface area contributed by atoms with Gasteiger partial charge in [0.05, 0.1) is 14.2 Å². The molecule has 0 spiro atoms. The Morgan fingerprint density at radius 2 is 1.69 bits per heavy atom. The van der Waals surface area contributed by atoms with Crippen molar-refractivity contribution in [2.75, 3.05) is 14.2 Å². The lowest BCUT2D eigenvalue weighted by molar-refractivity contribution is -0.169. The lowest BCUT2D eigenvalue weighted by Gasteiger charge is -2.27. The quantitative estimate of drug-likeness (QED) is 0.132. The molecule has 0 fully saturated rings. The Bertz CT molecular complexity index is 606. The molecule has 0 unspecified atom stereocenters. The van der Waals surface area contributed by atoms with Gasteiger partial charge in [0, 0.05) is 18.3 Å². The third-order valence-corrected chi connectivity index (χ3v) is 4.30. The van der Waals surface area contributed by atoms with Crippen LogP contribution in [0.25, 0.3) is 0 Å². The Labute approximate surface area is 164 Å². The van der Waals surface area contributed by atoms with Crippen molar-refractivity contribution in [3.63, 3.8) is 0 Å². The van der Waals surface area contributed by atoms with Gasteiger partial charge in [-0.1, -0.05) is 48.4 Å². The Hall–Kier alpha value is -1.87. The monoisotopic (exact) mass is 426 g/mol. The molecule has 0 bridgehead atoms. The van der Waals surface area contributed by atoms with Crippen molar-refractivity contribution in [3.8, 4) is 11.8 Å². The van der Waals surface area contributed by atoms with Crippen LogP contribution in [0.4, 0.5) is 0 Å². The van der Waals surface area contributed by atoms with Gasteiger partial charge in [0.1, 0.15) is 0 Å². The second-order valence-electron chi connectivity index (χ2n) is 6.62. The van der Waals surface area contributed by atoms with Crippen molar-refractivity contribution in [3.05, 3.63) is 23.7 Å². The Morgan fingerprint density at radius 1 is 1.15 bits per heavy atom. The van der Waals surface area contributed by atoms with E-state index in [-0.39, 0.29) is 18.6 Å². The first kappa shape index (κ1) is 24.1. The number of rotatable bonds is 10. The summed E-state index contributed by atoms with van der Waals surface area (Å²) in [5, 5.41) is 0. The van der Waals surface area contributed by atoms with Gasteiger partial charge in [0.15, 0.2) is 5.41 Å². The molecule has 0 aliphatic rings. The third kappa shape index (κ3) is 6.80. The van der Waals surface area contributed by atoms with Crippen LogP contribution in [-0.4, -0.2) is 31.9 Å². The number of Topliss-reactive ketones (excluding diaryl/α,β-unsaturated/α-hetero) is 1. The molecule has 0 saturated heterocycles. The van der Waals surface area contributed by atoms with E-state index >= 15 is 0 Å². The summed E-state index contributed by atoms with van der Waals surface area (Å²) in [4.78, 5) is 36.6. The molecule has 0 aromatic carbocycles. The molecule has 0 aliphatic heterocycles. The van der Waals surface area contributed by atoms with Crippen LogP contribution in [0, 0.1) is 22.7 Å². The summed E-state index contributed by atoms with van der Waals surface area (Å²) in [7, 11) is 2.44. The average molecular weight is 427 g/mol. The zero-order valence-corrected chi connectivity index (χ0v) is 17.5. The smallest absolute Gasteiger partial charge is 0.323 e. The second-order valence-corrected chi connectivity index (χ2v) is 7.74. The lowest BCUT2D eigenvalue weighted by atomic mass is 9.79. The maximum atomic E-state index is 12.3. The molecular formula is C20H27BrO5. The summed E-state index contributed by atoms with van der Waals surface area (Å²) in [6.45, 7) is 11.0. The fourth-order valence-corrected chi connectivity index (χ4v) is 2.96. The molecule has 144 valence electrons. The van der Waals surface area contributed by atoms with Crippen LogP contribution in [0.5, 0.6) is 0 Å². The summed E-state index contributed by atoms with van der Waals surface area (Å²) in [5.41, 5.74) is -2.05. The Morgan fingerprint density at radius 3 is 2.12 bits per heavy atom. The van der Waals surface area contributed by atoms with Gasteiger partial charge < -0.3 is 9.47 Å². The van der Waals surface area contributed by atoms with Crippen molar-refractivity contribution >= 4 is 33.7 Å². The van der Waals surface area contributed by atoms with Gasteiger partial charge in [-0.15, -0.1) is 6.58 Å². The first-order valence-electron chi connectivity index (χ1n) is 8.21. The molecule has 5 nitrogen and oxygen atoms in total. The van der Waals surface area contributed by atoms with Gasteiger partial charge >= 0.3 is 11.9 Å². The van der Waals surface area contributed by atoms with Crippen molar-refractivity contribution in [2.24, 2.45) is 10.8 Å². The number of allylic oxidation sites excluding steroid dienone is 2. The molecular weight excluding hydrogens is 400 g/mol. The van der Waals surface area contributed by atoms with Crippen LogP contribution in [0.15, 0.2) is 23.7 Å². The van der Waals surface area contributed by atoms with Crippen LogP contribution >= 0.6 is 15.9 Å². The minimum atomic E-state index is -1.47. The zero-order chi connectivity index (χ0) is 20.4. The summed E-state index contributed by atoms with van der Waals surface area (Å²) in [6, 6.07) is 0. The minimum absolute atomic E-state index is 0.0606. The minimum Gasteiger partial charge on any atom is -0.468 e. The van der Waals surface area contributed by atoms with E-state index in [1.807, 2.05) is 13.8 Å². The van der Waals surface area contributed by atoms with E-state index in [0.29, 0.717) is 23.7 Å². The van der Waals surface area contributed by atoms with Crippen molar-refractivity contribution in [1.29, 1.82) is 0 Å². The van der Waals surface area contributed by atoms with Gasteiger partial charge in [0.2, 0.25) is 5.78 Å². The van der Waals surface area contributed by atoms with Crippen molar-refractivity contribution in [1.82, 2.24) is 0 Å². The summed E-state index contributed by atoms with van der Waals surface area (Å²) in [5.74, 6) is 3.92. The fraction of sp³-hybridized carbons (Fsp3) is 0.550. The second kappa shape index (κ2) is 11.0. The number of hydrogen-bond acceptors (Lipinski definition) is 5. The number of halogens is 1. The number of carbonyl (C=O) groups is 3. The van der Waals surface area contributed by atoms with Gasteiger partial charge in [-0.05, 0) is 29.7 Å². The molecule has 26 heavy (non-hydrogen) atoms. The summed E-state index contributed by atoms with van der Waals surface area (Å²) < 4.78 is 10.1. The highest BCUT2D eigenvalue weighted by Gasteiger charge is 2.47. The predicted molar refractivity (Wildman–Crippen MR) is 104 cm³/mol. The van der Waals surface area contributed by atoms with Crippen LogP contribution in [-0.2, 0) is 23.9 Å². The van der Waals surface area contributed by atoms with E-state index < -0.39 is 22.8 Å². The molecule has 0 saturated carbocycles. The van der Waals surface area contributed by atoms with Gasteiger partial charge in [-0.2, -0.15) is 0 Å². The van der Waals surface area contributed by atoms with E-state index in [2.05, 4.69) is 40.9 Å². The maximum Gasteiger partial charge on any atom is 0.323 e. The zero-order valence-electron chi connectivity index (χ0n) is 15.9.